The van der Waals surface area contributed by atoms with Crippen LogP contribution in [0.3, 0.4) is 0 Å². The summed E-state index contributed by atoms with van der Waals surface area (Å²) in [4.78, 5) is 13.3. The molecular weight excluding hydrogens is 346 g/mol. The summed E-state index contributed by atoms with van der Waals surface area (Å²) >= 11 is 11.4. The molecule has 0 aliphatic carbocycles. The van der Waals surface area contributed by atoms with E-state index in [2.05, 4.69) is 30.9 Å². The third-order valence-electron chi connectivity index (χ3n) is 2.70. The minimum Gasteiger partial charge on any atom is -0.238 e. The van der Waals surface area contributed by atoms with Gasteiger partial charge in [0.1, 0.15) is 10.8 Å². The third kappa shape index (κ3) is 2.38. The van der Waals surface area contributed by atoms with Crippen LogP contribution in [0.25, 0.3) is 22.4 Å². The van der Waals surface area contributed by atoms with Crippen LogP contribution in [0.15, 0.2) is 22.0 Å². The van der Waals surface area contributed by atoms with E-state index in [1.54, 1.807) is 11.3 Å². The zero-order valence-corrected chi connectivity index (χ0v) is 13.4. The summed E-state index contributed by atoms with van der Waals surface area (Å²) in [6.45, 7) is 3.97. The lowest BCUT2D eigenvalue weighted by Gasteiger charge is -2.05. The van der Waals surface area contributed by atoms with Gasteiger partial charge in [0.05, 0.1) is 10.5 Å². The van der Waals surface area contributed by atoms with E-state index in [0.717, 1.165) is 31.6 Å². The van der Waals surface area contributed by atoms with E-state index in [1.807, 2.05) is 31.4 Å². The van der Waals surface area contributed by atoms with Gasteiger partial charge < -0.3 is 0 Å². The Morgan fingerprint density at radius 2 is 1.95 bits per heavy atom. The Balaban J connectivity index is 2.30. The number of hydrogen-bond donors (Lipinski definition) is 0. The zero-order valence-electron chi connectivity index (χ0n) is 10.2. The van der Waals surface area contributed by atoms with Gasteiger partial charge in [0.15, 0.2) is 5.82 Å². The average molecular weight is 355 g/mol. The summed E-state index contributed by atoms with van der Waals surface area (Å²) in [7, 11) is 0. The molecule has 0 spiro atoms. The highest BCUT2D eigenvalue weighted by molar-refractivity contribution is 9.10. The molecule has 2 aromatic heterocycles. The highest BCUT2D eigenvalue weighted by atomic mass is 79.9. The molecule has 96 valence electrons. The SMILES string of the molecule is Cc1cc(Br)c2nc(-c3csc(C)n3)nc(Cl)c2c1. The van der Waals surface area contributed by atoms with Crippen molar-refractivity contribution in [2.45, 2.75) is 13.8 Å². The average Bonchev–Trinajstić information content (AvgIpc) is 2.77. The maximum Gasteiger partial charge on any atom is 0.181 e. The largest absolute Gasteiger partial charge is 0.238 e. The monoisotopic (exact) mass is 353 g/mol. The molecule has 19 heavy (non-hydrogen) atoms. The predicted molar refractivity (Wildman–Crippen MR) is 82.8 cm³/mol. The molecule has 0 unspecified atom stereocenters. The van der Waals surface area contributed by atoms with Crippen LogP contribution in [0.1, 0.15) is 10.6 Å². The van der Waals surface area contributed by atoms with E-state index < -0.39 is 0 Å². The number of aromatic nitrogens is 3. The quantitative estimate of drug-likeness (QED) is 0.590. The summed E-state index contributed by atoms with van der Waals surface area (Å²) in [6, 6.07) is 4.00. The summed E-state index contributed by atoms with van der Waals surface area (Å²) in [5.41, 5.74) is 2.69. The highest BCUT2D eigenvalue weighted by Gasteiger charge is 2.12. The van der Waals surface area contributed by atoms with Crippen molar-refractivity contribution in [3.63, 3.8) is 0 Å². The topological polar surface area (TPSA) is 38.7 Å². The van der Waals surface area contributed by atoms with Gasteiger partial charge in [0, 0.05) is 15.2 Å². The number of fused-ring (bicyclic) bond motifs is 1. The molecule has 0 saturated heterocycles. The first-order valence-electron chi connectivity index (χ1n) is 5.60. The van der Waals surface area contributed by atoms with Gasteiger partial charge in [-0.3, -0.25) is 0 Å². The number of benzene rings is 1. The normalized spacial score (nSPS) is 11.2. The molecule has 0 amide bonds. The van der Waals surface area contributed by atoms with Gasteiger partial charge in [-0.25, -0.2) is 15.0 Å². The number of halogens is 2. The molecule has 3 nitrogen and oxygen atoms in total. The molecule has 0 fully saturated rings. The summed E-state index contributed by atoms with van der Waals surface area (Å²) in [6.07, 6.45) is 0. The Kier molecular flexibility index (Phi) is 3.28. The molecule has 0 aliphatic rings. The second kappa shape index (κ2) is 4.81. The number of aryl methyl sites for hydroxylation is 2. The van der Waals surface area contributed by atoms with Crippen LogP contribution in [0.4, 0.5) is 0 Å². The molecular formula is C13H9BrClN3S. The van der Waals surface area contributed by atoms with Crippen LogP contribution >= 0.6 is 38.9 Å². The summed E-state index contributed by atoms with van der Waals surface area (Å²) in [5, 5.41) is 4.23. The van der Waals surface area contributed by atoms with E-state index in [0.29, 0.717) is 11.0 Å². The lowest BCUT2D eigenvalue weighted by atomic mass is 10.2. The fraction of sp³-hybridized carbons (Fsp3) is 0.154. The van der Waals surface area contributed by atoms with Gasteiger partial charge in [-0.2, -0.15) is 0 Å². The lowest BCUT2D eigenvalue weighted by molar-refractivity contribution is 1.17. The van der Waals surface area contributed by atoms with Gasteiger partial charge >= 0.3 is 0 Å². The van der Waals surface area contributed by atoms with Crippen molar-refractivity contribution in [2.75, 3.05) is 0 Å². The van der Waals surface area contributed by atoms with Gasteiger partial charge in [0.25, 0.3) is 0 Å². The van der Waals surface area contributed by atoms with Crippen molar-refractivity contribution in [3.05, 3.63) is 37.7 Å². The molecule has 1 aromatic carbocycles. The number of nitrogens with zero attached hydrogens (tertiary/aromatic N) is 3. The number of rotatable bonds is 1. The Morgan fingerprint density at radius 3 is 2.63 bits per heavy atom. The molecule has 0 radical (unpaired) electrons. The fourth-order valence-corrected chi connectivity index (χ4v) is 3.35. The third-order valence-corrected chi connectivity index (χ3v) is 4.37. The Bertz CT molecular complexity index is 785. The first-order valence-corrected chi connectivity index (χ1v) is 7.65. The van der Waals surface area contributed by atoms with Crippen LogP contribution < -0.4 is 0 Å². The minimum absolute atomic E-state index is 0.454. The fourth-order valence-electron chi connectivity index (χ4n) is 1.87. The van der Waals surface area contributed by atoms with Crippen molar-refractivity contribution in [2.24, 2.45) is 0 Å². The highest BCUT2D eigenvalue weighted by Crippen LogP contribution is 2.30. The lowest BCUT2D eigenvalue weighted by Crippen LogP contribution is -1.93. The first kappa shape index (κ1) is 13.0. The maximum atomic E-state index is 6.27. The second-order valence-corrected chi connectivity index (χ2v) is 6.51. The molecule has 6 heteroatoms. The predicted octanol–water partition coefficient (Wildman–Crippen LogP) is 4.79. The standard InChI is InChI=1S/C13H9BrClN3S/c1-6-3-8-11(9(14)4-6)17-13(18-12(8)15)10-5-19-7(2)16-10/h3-5H,1-2H3. The molecule has 0 aliphatic heterocycles. The van der Waals surface area contributed by atoms with E-state index in [9.17, 15) is 0 Å². The van der Waals surface area contributed by atoms with Crippen LogP contribution in [0, 0.1) is 13.8 Å². The van der Waals surface area contributed by atoms with Crippen molar-refractivity contribution < 1.29 is 0 Å². The molecule has 2 heterocycles. The smallest absolute Gasteiger partial charge is 0.181 e. The number of thiazole rings is 1. The number of hydrogen-bond acceptors (Lipinski definition) is 4. The van der Waals surface area contributed by atoms with Crippen molar-refractivity contribution >= 4 is 49.8 Å². The van der Waals surface area contributed by atoms with Gasteiger partial charge in [-0.05, 0) is 47.5 Å². The van der Waals surface area contributed by atoms with Crippen molar-refractivity contribution in [3.8, 4) is 11.5 Å². The van der Waals surface area contributed by atoms with Crippen LogP contribution in [-0.2, 0) is 0 Å². The van der Waals surface area contributed by atoms with Crippen molar-refractivity contribution in [1.29, 1.82) is 0 Å². The molecule has 3 aromatic rings. The van der Waals surface area contributed by atoms with Crippen LogP contribution in [0.2, 0.25) is 5.15 Å². The zero-order chi connectivity index (χ0) is 13.6. The molecule has 0 N–H and O–H groups in total. The van der Waals surface area contributed by atoms with Gasteiger partial charge in [0.2, 0.25) is 0 Å². The minimum atomic E-state index is 0.454. The van der Waals surface area contributed by atoms with Crippen LogP contribution in [0.5, 0.6) is 0 Å². The maximum absolute atomic E-state index is 6.27. The van der Waals surface area contributed by atoms with Gasteiger partial charge in [-0.15, -0.1) is 11.3 Å². The van der Waals surface area contributed by atoms with Gasteiger partial charge in [-0.1, -0.05) is 11.6 Å². The van der Waals surface area contributed by atoms with E-state index in [1.165, 1.54) is 0 Å². The summed E-state index contributed by atoms with van der Waals surface area (Å²) < 4.78 is 0.917. The molecule has 0 bridgehead atoms. The Hall–Kier alpha value is -1.04. The van der Waals surface area contributed by atoms with E-state index >= 15 is 0 Å². The van der Waals surface area contributed by atoms with Crippen LogP contribution in [-0.4, -0.2) is 15.0 Å². The Labute approximate surface area is 127 Å². The van der Waals surface area contributed by atoms with E-state index in [4.69, 9.17) is 11.6 Å². The second-order valence-electron chi connectivity index (χ2n) is 4.23. The molecule has 3 rings (SSSR count). The first-order chi connectivity index (χ1) is 9.04. The molecule has 0 atom stereocenters. The summed E-state index contributed by atoms with van der Waals surface area (Å²) in [5.74, 6) is 0.561. The Morgan fingerprint density at radius 1 is 1.16 bits per heavy atom. The van der Waals surface area contributed by atoms with E-state index in [-0.39, 0.29) is 0 Å². The van der Waals surface area contributed by atoms with Crippen molar-refractivity contribution in [1.82, 2.24) is 15.0 Å². The molecule has 0 saturated carbocycles.